The zero-order valence-electron chi connectivity index (χ0n) is 17.2. The van der Waals surface area contributed by atoms with E-state index in [4.69, 9.17) is 9.15 Å². The van der Waals surface area contributed by atoms with E-state index in [-0.39, 0.29) is 29.4 Å². The SMILES string of the molecule is CCNC(=NCc1ncc(C(C)(C)C)o1)NCC(O)c1cccc(OC)c1.I. The minimum atomic E-state index is -0.682. The summed E-state index contributed by atoms with van der Waals surface area (Å²) >= 11 is 0. The molecular weight excluding hydrogens is 471 g/mol. The van der Waals surface area contributed by atoms with Crippen LogP contribution in [0.15, 0.2) is 39.9 Å². The summed E-state index contributed by atoms with van der Waals surface area (Å²) in [6.07, 6.45) is 1.07. The maximum absolute atomic E-state index is 10.4. The number of rotatable bonds is 7. The molecule has 7 nitrogen and oxygen atoms in total. The van der Waals surface area contributed by atoms with E-state index in [1.54, 1.807) is 13.3 Å². The molecule has 1 unspecified atom stereocenters. The van der Waals surface area contributed by atoms with Crippen LogP contribution in [0, 0.1) is 0 Å². The number of guanidine groups is 1. The maximum atomic E-state index is 10.4. The Kier molecular flexibility index (Phi) is 9.74. The zero-order valence-corrected chi connectivity index (χ0v) is 19.5. The number of aromatic nitrogens is 1. The highest BCUT2D eigenvalue weighted by Crippen LogP contribution is 2.23. The van der Waals surface area contributed by atoms with Crippen LogP contribution in [0.3, 0.4) is 0 Å². The Balaban J connectivity index is 0.00000392. The predicted octanol–water partition coefficient (Wildman–Crippen LogP) is 3.39. The van der Waals surface area contributed by atoms with Gasteiger partial charge in [-0.25, -0.2) is 9.98 Å². The first-order valence-corrected chi connectivity index (χ1v) is 9.13. The molecule has 1 aromatic heterocycles. The van der Waals surface area contributed by atoms with E-state index < -0.39 is 6.10 Å². The Labute approximate surface area is 184 Å². The van der Waals surface area contributed by atoms with Crippen molar-refractivity contribution in [2.24, 2.45) is 4.99 Å². The van der Waals surface area contributed by atoms with Crippen LogP contribution in [0.5, 0.6) is 5.75 Å². The lowest BCUT2D eigenvalue weighted by Gasteiger charge is -2.16. The fourth-order valence-electron chi connectivity index (χ4n) is 2.38. The van der Waals surface area contributed by atoms with Gasteiger partial charge in [-0.1, -0.05) is 32.9 Å². The van der Waals surface area contributed by atoms with Gasteiger partial charge in [0.15, 0.2) is 5.96 Å². The number of hydrogen-bond acceptors (Lipinski definition) is 5. The highest BCUT2D eigenvalue weighted by molar-refractivity contribution is 14.0. The number of methoxy groups -OCH3 is 1. The molecule has 0 aliphatic heterocycles. The molecule has 1 atom stereocenters. The second-order valence-corrected chi connectivity index (χ2v) is 7.24. The summed E-state index contributed by atoms with van der Waals surface area (Å²) in [4.78, 5) is 8.76. The smallest absolute Gasteiger partial charge is 0.216 e. The molecule has 0 radical (unpaired) electrons. The molecule has 0 saturated heterocycles. The first kappa shape index (κ1) is 24.2. The van der Waals surface area contributed by atoms with Gasteiger partial charge >= 0.3 is 0 Å². The van der Waals surface area contributed by atoms with Crippen LogP contribution in [0.4, 0.5) is 0 Å². The normalized spacial score (nSPS) is 12.9. The Hall–Kier alpha value is -1.81. The molecular formula is C20H31IN4O3. The summed E-state index contributed by atoms with van der Waals surface area (Å²) in [7, 11) is 1.60. The first-order chi connectivity index (χ1) is 12.8. The summed E-state index contributed by atoms with van der Waals surface area (Å²) in [5.74, 6) is 2.70. The molecule has 0 amide bonds. The number of hydrogen-bond donors (Lipinski definition) is 3. The summed E-state index contributed by atoms with van der Waals surface area (Å²) in [5, 5.41) is 16.7. The highest BCUT2D eigenvalue weighted by Gasteiger charge is 2.19. The first-order valence-electron chi connectivity index (χ1n) is 9.13. The number of benzene rings is 1. The standard InChI is InChI=1S/C20H30N4O3.HI/c1-6-21-19(24-13-18-22-12-17(27-18)20(2,3)4)23-11-16(25)14-8-7-9-15(10-14)26-5;/h7-10,12,16,25H,6,11,13H2,1-5H3,(H2,21,23,24);1H. The van der Waals surface area contributed by atoms with Crippen molar-refractivity contribution in [3.8, 4) is 5.75 Å². The van der Waals surface area contributed by atoms with Crippen LogP contribution in [-0.4, -0.2) is 36.2 Å². The molecule has 3 N–H and O–H groups in total. The van der Waals surface area contributed by atoms with E-state index in [2.05, 4.69) is 41.4 Å². The Morgan fingerprint density at radius 1 is 1.32 bits per heavy atom. The van der Waals surface area contributed by atoms with Gasteiger partial charge in [-0.15, -0.1) is 24.0 Å². The van der Waals surface area contributed by atoms with Gasteiger partial charge in [-0.05, 0) is 24.6 Å². The molecule has 2 rings (SSSR count). The number of ether oxygens (including phenoxy) is 1. The second kappa shape index (κ2) is 11.3. The Morgan fingerprint density at radius 2 is 2.07 bits per heavy atom. The molecule has 156 valence electrons. The van der Waals surface area contributed by atoms with Gasteiger partial charge in [0.2, 0.25) is 5.89 Å². The van der Waals surface area contributed by atoms with E-state index in [0.29, 0.717) is 37.2 Å². The summed E-state index contributed by atoms with van der Waals surface area (Å²) in [6.45, 7) is 9.56. The quantitative estimate of drug-likeness (QED) is 0.306. The van der Waals surface area contributed by atoms with Crippen LogP contribution >= 0.6 is 24.0 Å². The van der Waals surface area contributed by atoms with Gasteiger partial charge in [0.05, 0.1) is 19.4 Å². The van der Waals surface area contributed by atoms with Crippen molar-refractivity contribution in [3.05, 3.63) is 47.7 Å². The second-order valence-electron chi connectivity index (χ2n) is 7.24. The van der Waals surface area contributed by atoms with Crippen LogP contribution in [0.2, 0.25) is 0 Å². The Bertz CT molecular complexity index is 756. The third-order valence-corrected chi connectivity index (χ3v) is 3.95. The van der Waals surface area contributed by atoms with E-state index in [1.807, 2.05) is 31.2 Å². The molecule has 0 aliphatic rings. The van der Waals surface area contributed by atoms with Gasteiger partial charge < -0.3 is 24.9 Å². The number of halogens is 1. The molecule has 0 spiro atoms. The average Bonchev–Trinajstić information content (AvgIpc) is 3.13. The monoisotopic (exact) mass is 502 g/mol. The lowest BCUT2D eigenvalue weighted by atomic mass is 9.94. The number of oxazole rings is 1. The van der Waals surface area contributed by atoms with Gasteiger partial charge in [0.25, 0.3) is 0 Å². The van der Waals surface area contributed by atoms with Crippen molar-refractivity contribution >= 4 is 29.9 Å². The zero-order chi connectivity index (χ0) is 19.9. The van der Waals surface area contributed by atoms with E-state index in [0.717, 1.165) is 11.3 Å². The largest absolute Gasteiger partial charge is 0.497 e. The number of aliphatic hydroxyl groups is 1. The molecule has 8 heteroatoms. The van der Waals surface area contributed by atoms with E-state index in [1.165, 1.54) is 0 Å². The van der Waals surface area contributed by atoms with Crippen LogP contribution in [-0.2, 0) is 12.0 Å². The third kappa shape index (κ3) is 7.31. The minimum Gasteiger partial charge on any atom is -0.497 e. The van der Waals surface area contributed by atoms with E-state index >= 15 is 0 Å². The highest BCUT2D eigenvalue weighted by atomic mass is 127. The van der Waals surface area contributed by atoms with Crippen molar-refractivity contribution in [2.45, 2.75) is 45.8 Å². The molecule has 0 saturated carbocycles. The van der Waals surface area contributed by atoms with Crippen molar-refractivity contribution < 1.29 is 14.3 Å². The minimum absolute atomic E-state index is 0. The van der Waals surface area contributed by atoms with Gasteiger partial charge in [-0.3, -0.25) is 0 Å². The number of nitrogens with zero attached hydrogens (tertiary/aromatic N) is 2. The van der Waals surface area contributed by atoms with Gasteiger partial charge in [0, 0.05) is 18.5 Å². The Morgan fingerprint density at radius 3 is 2.68 bits per heavy atom. The summed E-state index contributed by atoms with van der Waals surface area (Å²) in [5.41, 5.74) is 0.693. The topological polar surface area (TPSA) is 91.9 Å². The molecule has 1 aromatic carbocycles. The molecule has 1 heterocycles. The number of aliphatic hydroxyl groups excluding tert-OH is 1. The van der Waals surface area contributed by atoms with Crippen molar-refractivity contribution in [3.63, 3.8) is 0 Å². The summed E-state index contributed by atoms with van der Waals surface area (Å²) < 4.78 is 11.0. The average molecular weight is 502 g/mol. The summed E-state index contributed by atoms with van der Waals surface area (Å²) in [6, 6.07) is 7.38. The van der Waals surface area contributed by atoms with Gasteiger partial charge in [0.1, 0.15) is 18.1 Å². The molecule has 28 heavy (non-hydrogen) atoms. The lowest BCUT2D eigenvalue weighted by Crippen LogP contribution is -2.39. The van der Waals surface area contributed by atoms with Crippen LogP contribution < -0.4 is 15.4 Å². The fraction of sp³-hybridized carbons (Fsp3) is 0.500. The van der Waals surface area contributed by atoms with Crippen molar-refractivity contribution in [1.82, 2.24) is 15.6 Å². The molecule has 2 aromatic rings. The fourth-order valence-corrected chi connectivity index (χ4v) is 2.38. The van der Waals surface area contributed by atoms with Crippen molar-refractivity contribution in [1.29, 1.82) is 0 Å². The predicted molar refractivity (Wildman–Crippen MR) is 121 cm³/mol. The molecule has 0 aliphatic carbocycles. The molecule has 0 fully saturated rings. The van der Waals surface area contributed by atoms with Crippen LogP contribution in [0.1, 0.15) is 51.0 Å². The number of nitrogens with one attached hydrogen (secondary N) is 2. The maximum Gasteiger partial charge on any atom is 0.216 e. The number of aliphatic imine (C=N–C) groups is 1. The van der Waals surface area contributed by atoms with Gasteiger partial charge in [-0.2, -0.15) is 0 Å². The molecule has 0 bridgehead atoms. The van der Waals surface area contributed by atoms with Crippen LogP contribution in [0.25, 0.3) is 0 Å². The third-order valence-electron chi connectivity index (χ3n) is 3.95. The lowest BCUT2D eigenvalue weighted by molar-refractivity contribution is 0.180. The van der Waals surface area contributed by atoms with Crippen molar-refractivity contribution in [2.75, 3.05) is 20.2 Å². The van der Waals surface area contributed by atoms with E-state index in [9.17, 15) is 5.11 Å².